The zero-order valence-corrected chi connectivity index (χ0v) is 15.0. The van der Waals surface area contributed by atoms with Gasteiger partial charge in [0.05, 0.1) is 0 Å². The smallest absolute Gasteiger partial charge is 0.191 e. The van der Waals surface area contributed by atoms with Crippen LogP contribution in [0.3, 0.4) is 0 Å². The fourth-order valence-corrected chi connectivity index (χ4v) is 2.71. The molecule has 1 aliphatic carbocycles. The van der Waals surface area contributed by atoms with Gasteiger partial charge in [-0.25, -0.2) is 0 Å². The minimum atomic E-state index is 0. The predicted octanol–water partition coefficient (Wildman–Crippen LogP) is 2.05. The molecule has 2 unspecified atom stereocenters. The highest BCUT2D eigenvalue weighted by Crippen LogP contribution is 2.20. The number of aliphatic imine (C=N–C) groups is 1. The summed E-state index contributed by atoms with van der Waals surface area (Å²) in [5.74, 6) is 1.68. The van der Waals surface area contributed by atoms with E-state index in [9.17, 15) is 0 Å². The highest BCUT2D eigenvalue weighted by molar-refractivity contribution is 14.0. The number of nitrogens with zero attached hydrogens (tertiary/aromatic N) is 2. The van der Waals surface area contributed by atoms with Gasteiger partial charge in [0, 0.05) is 38.3 Å². The van der Waals surface area contributed by atoms with E-state index in [0.717, 1.165) is 12.5 Å². The van der Waals surface area contributed by atoms with E-state index >= 15 is 0 Å². The van der Waals surface area contributed by atoms with E-state index in [0.29, 0.717) is 24.0 Å². The summed E-state index contributed by atoms with van der Waals surface area (Å²) in [6, 6.07) is 1.81. The Morgan fingerprint density at radius 2 is 1.89 bits per heavy atom. The van der Waals surface area contributed by atoms with Gasteiger partial charge in [-0.05, 0) is 39.0 Å². The number of likely N-dealkylation sites (tertiary alicyclic amines) is 1. The van der Waals surface area contributed by atoms with Crippen LogP contribution in [0.1, 0.15) is 40.0 Å². The molecule has 0 aromatic heterocycles. The fourth-order valence-electron chi connectivity index (χ4n) is 2.71. The predicted molar refractivity (Wildman–Crippen MR) is 92.3 cm³/mol. The van der Waals surface area contributed by atoms with E-state index in [1.165, 1.54) is 25.8 Å². The molecule has 0 aromatic rings. The zero-order chi connectivity index (χ0) is 13.1. The van der Waals surface area contributed by atoms with Crippen LogP contribution in [0.4, 0.5) is 0 Å². The third-order valence-electron chi connectivity index (χ3n) is 4.36. The van der Waals surface area contributed by atoms with Crippen molar-refractivity contribution in [3.8, 4) is 0 Å². The zero-order valence-electron chi connectivity index (χ0n) is 12.6. The molecule has 0 aromatic carbocycles. The summed E-state index contributed by atoms with van der Waals surface area (Å²) in [5, 5.41) is 7.11. The molecule has 2 rings (SSSR count). The van der Waals surface area contributed by atoms with Gasteiger partial charge in [-0.2, -0.15) is 0 Å². The van der Waals surface area contributed by atoms with Crippen molar-refractivity contribution in [2.45, 2.75) is 58.2 Å². The summed E-state index contributed by atoms with van der Waals surface area (Å²) < 4.78 is 0. The Hall–Kier alpha value is -0.0400. The summed E-state index contributed by atoms with van der Waals surface area (Å²) in [4.78, 5) is 6.89. The molecule has 1 heterocycles. The number of halogens is 1. The third-order valence-corrected chi connectivity index (χ3v) is 4.36. The Kier molecular flexibility index (Phi) is 6.86. The quantitative estimate of drug-likeness (QED) is 0.447. The second-order valence-electron chi connectivity index (χ2n) is 6.12. The van der Waals surface area contributed by atoms with Crippen molar-refractivity contribution >= 4 is 29.9 Å². The highest BCUT2D eigenvalue weighted by Gasteiger charge is 2.31. The summed E-state index contributed by atoms with van der Waals surface area (Å²) in [5.41, 5.74) is 0. The van der Waals surface area contributed by atoms with Gasteiger partial charge in [-0.3, -0.25) is 9.89 Å². The molecule has 112 valence electrons. The van der Waals surface area contributed by atoms with Gasteiger partial charge in [-0.15, -0.1) is 24.0 Å². The Morgan fingerprint density at radius 1 is 1.21 bits per heavy atom. The van der Waals surface area contributed by atoms with E-state index < -0.39 is 0 Å². The molecule has 0 spiro atoms. The van der Waals surface area contributed by atoms with E-state index in [1.807, 2.05) is 7.05 Å². The van der Waals surface area contributed by atoms with Crippen LogP contribution in [-0.4, -0.2) is 49.1 Å². The maximum Gasteiger partial charge on any atom is 0.191 e. The van der Waals surface area contributed by atoms with Crippen LogP contribution in [-0.2, 0) is 0 Å². The maximum absolute atomic E-state index is 4.35. The summed E-state index contributed by atoms with van der Waals surface area (Å²) in [6.45, 7) is 9.20. The molecule has 5 heteroatoms. The topological polar surface area (TPSA) is 39.7 Å². The lowest BCUT2D eigenvalue weighted by atomic mass is 9.93. The molecule has 1 aliphatic heterocycles. The van der Waals surface area contributed by atoms with Crippen molar-refractivity contribution in [1.29, 1.82) is 0 Å². The van der Waals surface area contributed by atoms with Crippen LogP contribution < -0.4 is 10.6 Å². The van der Waals surface area contributed by atoms with Crippen LogP contribution >= 0.6 is 24.0 Å². The lowest BCUT2D eigenvalue weighted by Crippen LogP contribution is -2.51. The van der Waals surface area contributed by atoms with Crippen molar-refractivity contribution in [3.05, 3.63) is 0 Å². The lowest BCUT2D eigenvalue weighted by molar-refractivity contribution is 0.265. The third kappa shape index (κ3) is 4.48. The molecule has 2 fully saturated rings. The Morgan fingerprint density at radius 3 is 2.32 bits per heavy atom. The van der Waals surface area contributed by atoms with Gasteiger partial charge in [0.25, 0.3) is 0 Å². The molecule has 1 saturated heterocycles. The van der Waals surface area contributed by atoms with Crippen molar-refractivity contribution in [3.63, 3.8) is 0 Å². The Labute approximate surface area is 134 Å². The van der Waals surface area contributed by atoms with Crippen molar-refractivity contribution in [2.75, 3.05) is 20.1 Å². The van der Waals surface area contributed by atoms with Gasteiger partial charge in [0.1, 0.15) is 0 Å². The number of nitrogens with one attached hydrogen (secondary N) is 2. The summed E-state index contributed by atoms with van der Waals surface area (Å²) in [6.07, 6.45) is 3.94. The first-order valence-electron chi connectivity index (χ1n) is 7.34. The first-order chi connectivity index (χ1) is 8.60. The minimum Gasteiger partial charge on any atom is -0.354 e. The molecule has 2 aliphatic rings. The number of hydrogen-bond acceptors (Lipinski definition) is 2. The minimum absolute atomic E-state index is 0. The molecule has 4 nitrogen and oxygen atoms in total. The summed E-state index contributed by atoms with van der Waals surface area (Å²) >= 11 is 0. The highest BCUT2D eigenvalue weighted by atomic mass is 127. The molecule has 2 atom stereocenters. The molecular formula is C14H29IN4. The normalized spacial score (nSPS) is 29.0. The average molecular weight is 380 g/mol. The van der Waals surface area contributed by atoms with E-state index in [1.54, 1.807) is 0 Å². The maximum atomic E-state index is 4.35. The van der Waals surface area contributed by atoms with E-state index in [-0.39, 0.29) is 24.0 Å². The van der Waals surface area contributed by atoms with E-state index in [4.69, 9.17) is 0 Å². The summed E-state index contributed by atoms with van der Waals surface area (Å²) in [7, 11) is 1.87. The number of guanidine groups is 1. The SMILES string of the molecule is CN=C(NC1CCC1)NC1CN(C(C)C)CC1C.I. The monoisotopic (exact) mass is 380 g/mol. The average Bonchev–Trinajstić information content (AvgIpc) is 2.63. The fraction of sp³-hybridized carbons (Fsp3) is 0.929. The first-order valence-corrected chi connectivity index (χ1v) is 7.34. The molecule has 0 radical (unpaired) electrons. The molecule has 19 heavy (non-hydrogen) atoms. The van der Waals surface area contributed by atoms with Crippen LogP contribution in [0.2, 0.25) is 0 Å². The van der Waals surface area contributed by atoms with Crippen LogP contribution in [0.5, 0.6) is 0 Å². The molecule has 0 amide bonds. The molecule has 2 N–H and O–H groups in total. The number of hydrogen-bond donors (Lipinski definition) is 2. The second kappa shape index (κ2) is 7.67. The second-order valence-corrected chi connectivity index (χ2v) is 6.12. The van der Waals surface area contributed by atoms with Crippen molar-refractivity contribution < 1.29 is 0 Å². The first kappa shape index (κ1) is 17.0. The van der Waals surface area contributed by atoms with E-state index in [2.05, 4.69) is 41.3 Å². The van der Waals surface area contributed by atoms with Gasteiger partial charge < -0.3 is 10.6 Å². The van der Waals surface area contributed by atoms with Gasteiger partial charge in [0.15, 0.2) is 5.96 Å². The lowest BCUT2D eigenvalue weighted by Gasteiger charge is -2.30. The number of rotatable bonds is 3. The van der Waals surface area contributed by atoms with Crippen molar-refractivity contribution in [2.24, 2.45) is 10.9 Å². The molecular weight excluding hydrogens is 351 g/mol. The van der Waals surface area contributed by atoms with Crippen molar-refractivity contribution in [1.82, 2.24) is 15.5 Å². The standard InChI is InChI=1S/C14H28N4.HI/c1-10(2)18-8-11(3)13(9-18)17-14(15-4)16-12-6-5-7-12;/h10-13H,5-9H2,1-4H3,(H2,15,16,17);1H. The Bertz CT molecular complexity index is 302. The Balaban J connectivity index is 0.00000180. The van der Waals surface area contributed by atoms with Gasteiger partial charge in [0.2, 0.25) is 0 Å². The van der Waals surface area contributed by atoms with Gasteiger partial charge in [-0.1, -0.05) is 6.92 Å². The largest absolute Gasteiger partial charge is 0.354 e. The van der Waals surface area contributed by atoms with Gasteiger partial charge >= 0.3 is 0 Å². The van der Waals surface area contributed by atoms with Crippen LogP contribution in [0, 0.1) is 5.92 Å². The van der Waals surface area contributed by atoms with Crippen LogP contribution in [0.15, 0.2) is 4.99 Å². The molecule has 1 saturated carbocycles. The molecule has 0 bridgehead atoms. The van der Waals surface area contributed by atoms with Crippen LogP contribution in [0.25, 0.3) is 0 Å².